The smallest absolute Gasteiger partial charge is 0.333 e. The van der Waals surface area contributed by atoms with E-state index in [0.29, 0.717) is 5.29 Å². The zero-order valence-electron chi connectivity index (χ0n) is 16.0. The van der Waals surface area contributed by atoms with E-state index in [1.54, 1.807) is 0 Å². The van der Waals surface area contributed by atoms with Gasteiger partial charge in [-0.1, -0.05) is 112 Å². The van der Waals surface area contributed by atoms with Crippen LogP contribution in [0.1, 0.15) is 20.8 Å². The summed E-state index contributed by atoms with van der Waals surface area (Å²) >= 11 is 0. The van der Waals surface area contributed by atoms with Gasteiger partial charge in [-0.05, 0) is 28.2 Å². The molecule has 0 bridgehead atoms. The second-order valence-electron chi connectivity index (χ2n) is 7.58. The van der Waals surface area contributed by atoms with Gasteiger partial charge in [-0.2, -0.15) is 0 Å². The number of carboxylic acid groups (broad SMARTS) is 1. The van der Waals surface area contributed by atoms with Gasteiger partial charge in [0, 0.05) is 0 Å². The normalized spacial score (nSPS) is 11.8. The van der Waals surface area contributed by atoms with E-state index in [1.807, 2.05) is 75.4 Å². The van der Waals surface area contributed by atoms with Crippen molar-refractivity contribution in [3.05, 3.63) is 91.0 Å². The number of carboxylic acids is 1. The maximum Gasteiger partial charge on any atom is 0.333 e. The highest BCUT2D eigenvalue weighted by Crippen LogP contribution is 2.49. The summed E-state index contributed by atoms with van der Waals surface area (Å²) in [5.41, 5.74) is -0.499. The first-order chi connectivity index (χ1) is 12.9. The fourth-order valence-corrected chi connectivity index (χ4v) is 8.58. The van der Waals surface area contributed by atoms with Crippen LogP contribution in [0, 0.1) is 5.41 Å². The molecule has 3 rings (SSSR count). The molecule has 3 aromatic rings. The van der Waals surface area contributed by atoms with Gasteiger partial charge in [0.1, 0.15) is 0 Å². The molecule has 138 valence electrons. The topological polar surface area (TPSA) is 37.3 Å². The highest BCUT2D eigenvalue weighted by molar-refractivity contribution is 7.96. The minimum Gasteiger partial charge on any atom is -0.478 e. The largest absolute Gasteiger partial charge is 0.478 e. The van der Waals surface area contributed by atoms with Crippen molar-refractivity contribution >= 4 is 34.1 Å². The lowest BCUT2D eigenvalue weighted by Crippen LogP contribution is -2.39. The highest BCUT2D eigenvalue weighted by Gasteiger charge is 2.38. The summed E-state index contributed by atoms with van der Waals surface area (Å²) in [7, 11) is 0. The van der Waals surface area contributed by atoms with Crippen molar-refractivity contribution < 1.29 is 9.90 Å². The predicted octanol–water partition coefficient (Wildman–Crippen LogP) is 4.28. The maximum atomic E-state index is 12.7. The first-order valence-electron chi connectivity index (χ1n) is 9.05. The van der Waals surface area contributed by atoms with Crippen LogP contribution in [0.4, 0.5) is 0 Å². The van der Waals surface area contributed by atoms with Crippen molar-refractivity contribution in [1.29, 1.82) is 0 Å². The molecule has 0 fully saturated rings. The third kappa shape index (κ3) is 3.50. The van der Waals surface area contributed by atoms with Crippen molar-refractivity contribution in [3.63, 3.8) is 0 Å². The van der Waals surface area contributed by atoms with Gasteiger partial charge in [0.15, 0.2) is 0 Å². The second-order valence-corrected chi connectivity index (χ2v) is 10.9. The van der Waals surface area contributed by atoms with E-state index in [2.05, 4.69) is 36.4 Å². The lowest BCUT2D eigenvalue weighted by atomic mass is 9.92. The van der Waals surface area contributed by atoms with E-state index in [1.165, 1.54) is 0 Å². The fourth-order valence-electron chi connectivity index (χ4n) is 3.76. The van der Waals surface area contributed by atoms with Crippen molar-refractivity contribution in [2.45, 2.75) is 20.8 Å². The van der Waals surface area contributed by atoms with Crippen LogP contribution in [-0.4, -0.2) is 16.4 Å². The molecule has 0 aliphatic rings. The molecule has 1 N–H and O–H groups in total. The Balaban J connectivity index is 2.66. The van der Waals surface area contributed by atoms with E-state index in [9.17, 15) is 9.90 Å². The van der Waals surface area contributed by atoms with Crippen molar-refractivity contribution in [2.75, 3.05) is 0 Å². The lowest BCUT2D eigenvalue weighted by Gasteiger charge is -2.36. The number of hydrogen-bond donors (Lipinski definition) is 1. The number of hydrogen-bond acceptors (Lipinski definition) is 1. The Morgan fingerprint density at radius 1 is 0.667 bits per heavy atom. The molecule has 0 aromatic heterocycles. The Hall–Kier alpha value is -2.57. The van der Waals surface area contributed by atoms with Gasteiger partial charge in [-0.15, -0.1) is 0 Å². The van der Waals surface area contributed by atoms with Gasteiger partial charge in [0.2, 0.25) is 0 Å². The molecule has 0 heterocycles. The van der Waals surface area contributed by atoms with Crippen LogP contribution >= 0.6 is 6.89 Å². The first-order valence-corrected chi connectivity index (χ1v) is 10.8. The molecule has 0 radical (unpaired) electrons. The molecule has 0 aliphatic carbocycles. The van der Waals surface area contributed by atoms with E-state index in [0.717, 1.165) is 15.9 Å². The average Bonchev–Trinajstić information content (AvgIpc) is 2.66. The number of rotatable bonds is 4. The van der Waals surface area contributed by atoms with E-state index < -0.39 is 18.3 Å². The van der Waals surface area contributed by atoms with E-state index in [4.69, 9.17) is 0 Å². The Kier molecular flexibility index (Phi) is 5.39. The minimum atomic E-state index is -2.52. The van der Waals surface area contributed by atoms with Crippen LogP contribution in [-0.2, 0) is 4.79 Å². The summed E-state index contributed by atoms with van der Waals surface area (Å²) in [4.78, 5) is 12.7. The van der Waals surface area contributed by atoms with Crippen molar-refractivity contribution in [3.8, 4) is 0 Å². The summed E-state index contributed by atoms with van der Waals surface area (Å²) in [5.74, 6) is -0.826. The quantitative estimate of drug-likeness (QED) is 0.690. The molecule has 0 saturated heterocycles. The zero-order chi connectivity index (χ0) is 19.5. The summed E-state index contributed by atoms with van der Waals surface area (Å²) in [5, 5.41) is 14.2. The fraction of sp³-hybridized carbons (Fsp3) is 0.167. The lowest BCUT2D eigenvalue weighted by molar-refractivity contribution is -0.129. The SMILES string of the molecule is CC(C)(C)C(C(=O)O)=P(c1ccccc1)(c1ccccc1)c1ccccc1. The van der Waals surface area contributed by atoms with Gasteiger partial charge >= 0.3 is 5.97 Å². The second kappa shape index (κ2) is 7.58. The Bertz CT molecular complexity index is 866. The standard InChI is InChI=1S/C24H25O2P/c1-24(2,3)22(23(25)26)27(19-13-7-4-8-14-19,20-15-9-5-10-16-20)21-17-11-6-12-18-21/h4-18H,1-3H3,(H,25,26). The van der Waals surface area contributed by atoms with Crippen molar-refractivity contribution in [2.24, 2.45) is 5.41 Å². The van der Waals surface area contributed by atoms with Gasteiger partial charge in [-0.3, -0.25) is 0 Å². The Morgan fingerprint density at radius 3 is 1.19 bits per heavy atom. The summed E-state index contributed by atoms with van der Waals surface area (Å²) < 4.78 is 0. The zero-order valence-corrected chi connectivity index (χ0v) is 16.9. The van der Waals surface area contributed by atoms with Crippen LogP contribution in [0.5, 0.6) is 0 Å². The number of benzene rings is 3. The third-order valence-electron chi connectivity index (χ3n) is 4.68. The first kappa shape index (κ1) is 19.2. The monoisotopic (exact) mass is 376 g/mol. The number of aliphatic carboxylic acids is 1. The maximum absolute atomic E-state index is 12.7. The van der Waals surface area contributed by atoms with E-state index >= 15 is 0 Å². The molecule has 27 heavy (non-hydrogen) atoms. The highest BCUT2D eigenvalue weighted by atomic mass is 31.2. The average molecular weight is 376 g/mol. The van der Waals surface area contributed by atoms with E-state index in [-0.39, 0.29) is 0 Å². The van der Waals surface area contributed by atoms with Gasteiger partial charge < -0.3 is 5.11 Å². The molecule has 0 saturated carbocycles. The Morgan fingerprint density at radius 2 is 0.963 bits per heavy atom. The molecular weight excluding hydrogens is 351 g/mol. The summed E-state index contributed by atoms with van der Waals surface area (Å²) in [6.45, 7) is 3.48. The number of carbonyl (C=O) groups is 1. The minimum absolute atomic E-state index is 0.499. The molecule has 3 heteroatoms. The van der Waals surface area contributed by atoms with Crippen LogP contribution in [0.15, 0.2) is 91.0 Å². The van der Waals surface area contributed by atoms with Crippen LogP contribution < -0.4 is 15.9 Å². The molecule has 0 amide bonds. The third-order valence-corrected chi connectivity index (χ3v) is 9.43. The molecule has 0 atom stereocenters. The van der Waals surface area contributed by atoms with Gasteiger partial charge in [-0.25, -0.2) is 4.79 Å². The predicted molar refractivity (Wildman–Crippen MR) is 117 cm³/mol. The molecule has 0 spiro atoms. The van der Waals surface area contributed by atoms with Gasteiger partial charge in [0.25, 0.3) is 0 Å². The van der Waals surface area contributed by atoms with Crippen LogP contribution in [0.3, 0.4) is 0 Å². The van der Waals surface area contributed by atoms with Crippen LogP contribution in [0.2, 0.25) is 0 Å². The molecule has 0 unspecified atom stereocenters. The van der Waals surface area contributed by atoms with Crippen molar-refractivity contribution in [1.82, 2.24) is 0 Å². The summed E-state index contributed by atoms with van der Waals surface area (Å²) in [6.07, 6.45) is 0. The van der Waals surface area contributed by atoms with Gasteiger partial charge in [0.05, 0.1) is 5.29 Å². The van der Waals surface area contributed by atoms with Crippen LogP contribution in [0.25, 0.3) is 0 Å². The molecular formula is C24H25O2P. The molecule has 2 nitrogen and oxygen atoms in total. The molecule has 0 aliphatic heterocycles. The summed E-state index contributed by atoms with van der Waals surface area (Å²) in [6, 6.07) is 30.4. The Labute approximate surface area is 161 Å². The molecule has 3 aromatic carbocycles.